The van der Waals surface area contributed by atoms with E-state index in [2.05, 4.69) is 32.1 Å². The molecule has 0 aliphatic heterocycles. The number of sulfone groups is 1. The van der Waals surface area contributed by atoms with E-state index in [1.54, 1.807) is 0 Å². The van der Waals surface area contributed by atoms with E-state index in [0.717, 1.165) is 18.4 Å². The van der Waals surface area contributed by atoms with Crippen LogP contribution in [0, 0.1) is 29.4 Å². The average Bonchev–Trinajstić information content (AvgIpc) is 4.07. The third kappa shape index (κ3) is 7.89. The van der Waals surface area contributed by atoms with E-state index in [-0.39, 0.29) is 56.2 Å². The second kappa shape index (κ2) is 14.7. The van der Waals surface area contributed by atoms with Crippen molar-refractivity contribution in [3.63, 3.8) is 0 Å². The van der Waals surface area contributed by atoms with Gasteiger partial charge in [-0.15, -0.1) is 0 Å². The first kappa shape index (κ1) is 43.4. The van der Waals surface area contributed by atoms with E-state index >= 15 is 8.78 Å². The molecule has 8 rings (SSSR count). The quantitative estimate of drug-likeness (QED) is 0.104. The normalized spacial score (nSPS) is 18.8. The molecule has 3 heterocycles. The number of anilines is 1. The summed E-state index contributed by atoms with van der Waals surface area (Å²) in [5, 5.41) is 10.00. The third-order valence-electron chi connectivity index (χ3n) is 11.1. The van der Waals surface area contributed by atoms with E-state index in [1.165, 1.54) is 49.8 Å². The molecule has 0 saturated heterocycles. The van der Waals surface area contributed by atoms with Crippen molar-refractivity contribution < 1.29 is 52.4 Å². The van der Waals surface area contributed by atoms with Crippen LogP contribution in [0.5, 0.6) is 0 Å². The molecule has 0 radical (unpaired) electrons. The van der Waals surface area contributed by atoms with Crippen LogP contribution in [-0.4, -0.2) is 63.5 Å². The fourth-order valence-electron chi connectivity index (χ4n) is 8.11. The zero-order valence-corrected chi connectivity index (χ0v) is 35.4. The Morgan fingerprint density at radius 3 is 2.31 bits per heavy atom. The van der Waals surface area contributed by atoms with Gasteiger partial charge >= 0.3 is 6.18 Å². The maximum Gasteiger partial charge on any atom is 0.435 e. The van der Waals surface area contributed by atoms with Crippen molar-refractivity contribution in [1.82, 2.24) is 29.9 Å². The number of nitrogens with zero attached hydrogens (tertiary/aromatic N) is 5. The average molecular weight is 926 g/mol. The standard InChI is InChI=1S/C40H35ClF7N7O5S2/c1-38(2,62(59,60)23-6-7-23)12-11-22-5-8-24(25-9-10-28(41)32-34(25)54(3)52-37(32)53-61(4,57)58)33(49-22)29(15-19-13-20(42)16-21(43)14-19)50-30(56)18-55-36-31(35(51-55)40(46,47)48)26-17-27(26)39(36,44)45/h5,8-10,13-14,16,23,26-27,29H,6-7,15,17-18H2,1-4H3,(H,50,56)(H,52,53)/t26-,27+,29-/m0/s1. The molecule has 3 aliphatic rings. The van der Waals surface area contributed by atoms with E-state index in [1.807, 2.05) is 0 Å². The number of carbonyl (C=O) groups excluding carboxylic acids is 1. The molecule has 2 N–H and O–H groups in total. The fourth-order valence-corrected chi connectivity index (χ4v) is 10.6. The van der Waals surface area contributed by atoms with Gasteiger partial charge in [-0.2, -0.15) is 32.1 Å². The molecule has 2 aromatic carbocycles. The maximum absolute atomic E-state index is 15.5. The number of aryl methyl sites for hydroxylation is 1. The second-order valence-electron chi connectivity index (χ2n) is 16.2. The SMILES string of the molecule is Cn1nc(NS(C)(=O)=O)c2c(Cl)ccc(-c3ccc(C#CC(C)(C)S(=O)(=O)C4CC4)nc3[C@H](Cc3cc(F)cc(F)c3)NC(=O)Cn3nc(C(F)(F)F)c4c3C(F)(F)[C@@H]3C[C@H]43)c21. The monoisotopic (exact) mass is 925 g/mol. The van der Waals surface area contributed by atoms with E-state index in [0.29, 0.717) is 23.6 Å². The van der Waals surface area contributed by atoms with Crippen molar-refractivity contribution >= 4 is 54.1 Å². The highest BCUT2D eigenvalue weighted by molar-refractivity contribution is 7.93. The number of pyridine rings is 1. The van der Waals surface area contributed by atoms with Crippen molar-refractivity contribution in [3.05, 3.63) is 93.0 Å². The molecule has 1 amide bonds. The number of hydrogen-bond donors (Lipinski definition) is 2. The molecular weight excluding hydrogens is 891 g/mol. The highest BCUT2D eigenvalue weighted by Gasteiger charge is 2.68. The topological polar surface area (TPSA) is 158 Å². The summed E-state index contributed by atoms with van der Waals surface area (Å²) < 4.78 is 156. The van der Waals surface area contributed by atoms with Gasteiger partial charge in [0.05, 0.1) is 39.2 Å². The van der Waals surface area contributed by atoms with Gasteiger partial charge < -0.3 is 5.32 Å². The van der Waals surface area contributed by atoms with Gasteiger partial charge in [-0.1, -0.05) is 23.6 Å². The molecule has 0 spiro atoms. The Labute approximate surface area is 355 Å². The van der Waals surface area contributed by atoms with Crippen LogP contribution in [0.25, 0.3) is 22.0 Å². The van der Waals surface area contributed by atoms with Gasteiger partial charge in [-0.3, -0.25) is 18.9 Å². The first-order valence-corrected chi connectivity index (χ1v) is 22.8. The number of aromatic nitrogens is 5. The van der Waals surface area contributed by atoms with Crippen molar-refractivity contribution in [2.45, 2.75) is 80.1 Å². The second-order valence-corrected chi connectivity index (χ2v) is 21.2. The molecule has 3 aliphatic carbocycles. The molecule has 328 valence electrons. The van der Waals surface area contributed by atoms with Crippen LogP contribution in [0.4, 0.5) is 36.6 Å². The van der Waals surface area contributed by atoms with Crippen LogP contribution < -0.4 is 10.0 Å². The predicted octanol–water partition coefficient (Wildman–Crippen LogP) is 7.17. The van der Waals surface area contributed by atoms with Crippen LogP contribution in [-0.2, 0) is 56.8 Å². The third-order valence-corrected chi connectivity index (χ3v) is 14.9. The van der Waals surface area contributed by atoms with Crippen LogP contribution in [0.1, 0.15) is 79.0 Å². The summed E-state index contributed by atoms with van der Waals surface area (Å²) in [7, 11) is -6.11. The molecule has 0 bridgehead atoms. The minimum absolute atomic E-state index is 0.0407. The molecular formula is C40H35ClF7N7O5S2. The van der Waals surface area contributed by atoms with Crippen LogP contribution >= 0.6 is 11.6 Å². The van der Waals surface area contributed by atoms with Gasteiger partial charge in [-0.25, -0.2) is 30.6 Å². The Balaban J connectivity index is 1.29. The molecule has 2 fully saturated rings. The van der Waals surface area contributed by atoms with Gasteiger partial charge in [-0.05, 0) is 87.3 Å². The number of carbonyl (C=O) groups is 1. The number of hydrogen-bond acceptors (Lipinski definition) is 8. The Kier molecular flexibility index (Phi) is 10.3. The number of halogens is 8. The Morgan fingerprint density at radius 2 is 1.68 bits per heavy atom. The number of amides is 1. The summed E-state index contributed by atoms with van der Waals surface area (Å²) in [6.45, 7) is 1.74. The Morgan fingerprint density at radius 1 is 1.02 bits per heavy atom. The molecule has 62 heavy (non-hydrogen) atoms. The lowest BCUT2D eigenvalue weighted by Crippen LogP contribution is -2.35. The van der Waals surface area contributed by atoms with Crippen LogP contribution in [0.3, 0.4) is 0 Å². The Hall–Kier alpha value is -5.20. The van der Waals surface area contributed by atoms with Gasteiger partial charge in [0.25, 0.3) is 5.92 Å². The summed E-state index contributed by atoms with van der Waals surface area (Å²) in [6, 6.07) is 6.93. The number of benzene rings is 2. The summed E-state index contributed by atoms with van der Waals surface area (Å²) in [5.74, 6) is -3.90. The molecule has 2 saturated carbocycles. The fraction of sp³-hybridized carbons (Fsp3) is 0.400. The van der Waals surface area contributed by atoms with E-state index in [9.17, 15) is 43.6 Å². The van der Waals surface area contributed by atoms with E-state index < -0.39 is 107 Å². The lowest BCUT2D eigenvalue weighted by molar-refractivity contribution is -0.142. The maximum atomic E-state index is 15.5. The lowest BCUT2D eigenvalue weighted by atomic mass is 9.93. The van der Waals surface area contributed by atoms with Gasteiger partial charge in [0.2, 0.25) is 15.9 Å². The van der Waals surface area contributed by atoms with Crippen LogP contribution in [0.15, 0.2) is 42.5 Å². The number of fused-ring (bicyclic) bond motifs is 4. The number of alkyl halides is 5. The van der Waals surface area contributed by atoms with Crippen LogP contribution in [0.2, 0.25) is 5.02 Å². The van der Waals surface area contributed by atoms with Gasteiger partial charge in [0.1, 0.15) is 34.3 Å². The highest BCUT2D eigenvalue weighted by Crippen LogP contribution is 2.68. The smallest absolute Gasteiger partial charge is 0.346 e. The molecule has 3 atom stereocenters. The summed E-state index contributed by atoms with van der Waals surface area (Å²) in [6.07, 6.45) is -3.87. The minimum Gasteiger partial charge on any atom is -0.346 e. The minimum atomic E-state index is -5.11. The van der Waals surface area contributed by atoms with E-state index in [4.69, 9.17) is 16.6 Å². The number of nitrogens with one attached hydrogen (secondary N) is 2. The summed E-state index contributed by atoms with van der Waals surface area (Å²) >= 11 is 6.59. The highest BCUT2D eigenvalue weighted by atomic mass is 35.5. The van der Waals surface area contributed by atoms with Gasteiger partial charge in [0.15, 0.2) is 21.3 Å². The van der Waals surface area contributed by atoms with Crippen molar-refractivity contribution in [1.29, 1.82) is 0 Å². The number of rotatable bonds is 11. The zero-order chi connectivity index (χ0) is 45.1. The molecule has 0 unspecified atom stereocenters. The predicted molar refractivity (Wildman–Crippen MR) is 213 cm³/mol. The summed E-state index contributed by atoms with van der Waals surface area (Å²) in [4.78, 5) is 18.8. The largest absolute Gasteiger partial charge is 0.435 e. The molecule has 3 aromatic heterocycles. The lowest BCUT2D eigenvalue weighted by Gasteiger charge is -2.23. The van der Waals surface area contributed by atoms with Crippen molar-refractivity contribution in [2.24, 2.45) is 13.0 Å². The summed E-state index contributed by atoms with van der Waals surface area (Å²) in [5.41, 5.74) is -2.71. The number of sulfonamides is 1. The first-order valence-electron chi connectivity index (χ1n) is 19.0. The van der Waals surface area contributed by atoms with Crippen molar-refractivity contribution in [2.75, 3.05) is 11.0 Å². The molecule has 5 aromatic rings. The van der Waals surface area contributed by atoms with Gasteiger partial charge in [0, 0.05) is 35.7 Å². The first-order chi connectivity index (χ1) is 28.8. The molecule has 22 heteroatoms. The van der Waals surface area contributed by atoms with Crippen molar-refractivity contribution in [3.8, 4) is 23.0 Å². The molecule has 12 nitrogen and oxygen atoms in total. The Bertz CT molecular complexity index is 2990. The zero-order valence-electron chi connectivity index (χ0n) is 33.0.